The molecule has 0 aliphatic carbocycles. The van der Waals surface area contributed by atoms with Gasteiger partial charge in [-0.25, -0.2) is 0 Å². The molecule has 0 amide bonds. The van der Waals surface area contributed by atoms with Crippen LogP contribution in [-0.2, 0) is 28.6 Å². The van der Waals surface area contributed by atoms with Crippen LogP contribution >= 0.6 is 0 Å². The standard InChI is InChI=1S/C75H128O6/c1-4-7-10-13-16-19-22-25-28-30-32-33-34-35-36-37-38-39-40-41-43-44-47-50-53-56-59-62-65-68-74(77)80-71-72(70-79-73(76)67-64-61-58-55-52-49-46-27-24-21-18-15-12-9-6-3)81-75(78)69-66-63-60-57-54-51-48-45-42-31-29-26-23-20-17-14-11-8-5-2/h9,12,17-18,20-21,26-27,29-30,32,42,45-46,52,55,61,64,72H,4-8,10-11,13-16,19,22-25,28,31,33-41,43-44,47-51,53-54,56-60,62-63,65-71H2,1-3H3/b12-9-,20-17-,21-18-,29-26-,32-30-,45-42-,46-27-,55-52-,64-61-. The maximum absolute atomic E-state index is 12.9. The summed E-state index contributed by atoms with van der Waals surface area (Å²) < 4.78 is 16.8. The quantitative estimate of drug-likeness (QED) is 0.0261. The molecule has 1 atom stereocenters. The number of allylic oxidation sites excluding steroid dienone is 17. The molecule has 464 valence electrons. The van der Waals surface area contributed by atoms with Crippen LogP contribution in [0.1, 0.15) is 329 Å². The van der Waals surface area contributed by atoms with Crippen molar-refractivity contribution in [1.82, 2.24) is 0 Å². The number of rotatable bonds is 62. The second-order valence-corrected chi connectivity index (χ2v) is 22.7. The third-order valence-electron chi connectivity index (χ3n) is 14.8. The molecule has 0 heterocycles. The molecule has 0 aromatic heterocycles. The molecule has 0 N–H and O–H groups in total. The van der Waals surface area contributed by atoms with E-state index in [0.717, 1.165) is 96.3 Å². The second kappa shape index (κ2) is 68.6. The highest BCUT2D eigenvalue weighted by Gasteiger charge is 2.19. The Balaban J connectivity index is 4.33. The number of unbranched alkanes of at least 4 members (excludes halogenated alkanes) is 34. The summed E-state index contributed by atoms with van der Waals surface area (Å²) in [6, 6.07) is 0. The molecule has 0 radical (unpaired) electrons. The Morgan fingerprint density at radius 1 is 0.272 bits per heavy atom. The van der Waals surface area contributed by atoms with Crippen molar-refractivity contribution in [2.45, 2.75) is 335 Å². The fourth-order valence-corrected chi connectivity index (χ4v) is 9.64. The van der Waals surface area contributed by atoms with Gasteiger partial charge in [0.2, 0.25) is 0 Å². The molecule has 0 saturated carbocycles. The first-order valence-electron chi connectivity index (χ1n) is 34.4. The van der Waals surface area contributed by atoms with Crippen LogP contribution in [0.4, 0.5) is 0 Å². The van der Waals surface area contributed by atoms with E-state index in [0.29, 0.717) is 12.8 Å². The van der Waals surface area contributed by atoms with Crippen LogP contribution in [0.5, 0.6) is 0 Å². The Labute approximate surface area is 501 Å². The van der Waals surface area contributed by atoms with Crippen molar-refractivity contribution in [3.63, 3.8) is 0 Å². The van der Waals surface area contributed by atoms with Gasteiger partial charge in [-0.1, -0.05) is 310 Å². The first-order chi connectivity index (χ1) is 40.0. The number of carbonyl (C=O) groups is 3. The van der Waals surface area contributed by atoms with Crippen molar-refractivity contribution in [1.29, 1.82) is 0 Å². The molecule has 1 unspecified atom stereocenters. The summed E-state index contributed by atoms with van der Waals surface area (Å²) in [5, 5.41) is 0. The zero-order valence-corrected chi connectivity index (χ0v) is 53.3. The van der Waals surface area contributed by atoms with Gasteiger partial charge in [0.25, 0.3) is 0 Å². The van der Waals surface area contributed by atoms with Gasteiger partial charge in [-0.15, -0.1) is 0 Å². The zero-order chi connectivity index (χ0) is 58.5. The lowest BCUT2D eigenvalue weighted by atomic mass is 10.0. The molecule has 0 fully saturated rings. The van der Waals surface area contributed by atoms with E-state index in [4.69, 9.17) is 14.2 Å². The summed E-state index contributed by atoms with van der Waals surface area (Å²) in [7, 11) is 0. The van der Waals surface area contributed by atoms with E-state index >= 15 is 0 Å². The second-order valence-electron chi connectivity index (χ2n) is 22.7. The van der Waals surface area contributed by atoms with E-state index in [2.05, 4.69) is 118 Å². The van der Waals surface area contributed by atoms with Gasteiger partial charge in [-0.3, -0.25) is 14.4 Å². The minimum absolute atomic E-state index is 0.113. The first kappa shape index (κ1) is 77.1. The van der Waals surface area contributed by atoms with E-state index < -0.39 is 12.1 Å². The monoisotopic (exact) mass is 1120 g/mol. The van der Waals surface area contributed by atoms with Crippen molar-refractivity contribution in [2.24, 2.45) is 0 Å². The molecule has 0 aliphatic heterocycles. The van der Waals surface area contributed by atoms with Gasteiger partial charge in [-0.2, -0.15) is 0 Å². The van der Waals surface area contributed by atoms with E-state index in [-0.39, 0.29) is 31.6 Å². The van der Waals surface area contributed by atoms with Crippen LogP contribution in [0.2, 0.25) is 0 Å². The summed E-state index contributed by atoms with van der Waals surface area (Å²) in [5.41, 5.74) is 0. The SMILES string of the molecule is CC/C=C\C/C=C\C/C=C\C/C=C\C/C=C\CC(=O)OCC(COC(=O)CCCCCCCCCCCCCCCCCCC/C=C\CCCCCCCCCC)OC(=O)CCCCCCCC/C=C\C/C=C\C/C=C\CCCCC. The fourth-order valence-electron chi connectivity index (χ4n) is 9.64. The van der Waals surface area contributed by atoms with Gasteiger partial charge in [-0.05, 0) is 109 Å². The van der Waals surface area contributed by atoms with Crippen LogP contribution in [0.15, 0.2) is 109 Å². The Morgan fingerprint density at radius 2 is 0.531 bits per heavy atom. The molecule has 0 aliphatic rings. The average Bonchev–Trinajstić information content (AvgIpc) is 3.47. The van der Waals surface area contributed by atoms with Crippen molar-refractivity contribution in [3.8, 4) is 0 Å². The Morgan fingerprint density at radius 3 is 0.901 bits per heavy atom. The highest BCUT2D eigenvalue weighted by molar-refractivity contribution is 5.72. The number of hydrogen-bond donors (Lipinski definition) is 0. The highest BCUT2D eigenvalue weighted by atomic mass is 16.6. The van der Waals surface area contributed by atoms with Crippen molar-refractivity contribution in [2.75, 3.05) is 13.2 Å². The van der Waals surface area contributed by atoms with Crippen LogP contribution < -0.4 is 0 Å². The number of hydrogen-bond acceptors (Lipinski definition) is 6. The summed E-state index contributed by atoms with van der Waals surface area (Å²) in [6.07, 6.45) is 94.3. The molecular weight excluding hydrogens is 997 g/mol. The normalized spacial score (nSPS) is 12.8. The van der Waals surface area contributed by atoms with Gasteiger partial charge in [0.15, 0.2) is 6.10 Å². The Bertz CT molecular complexity index is 1620. The molecule has 0 aromatic rings. The van der Waals surface area contributed by atoms with Gasteiger partial charge in [0.05, 0.1) is 6.42 Å². The maximum Gasteiger partial charge on any atom is 0.309 e. The molecule has 0 spiro atoms. The van der Waals surface area contributed by atoms with Crippen LogP contribution in [0.25, 0.3) is 0 Å². The number of carbonyl (C=O) groups excluding carboxylic acids is 3. The predicted molar refractivity (Wildman–Crippen MR) is 353 cm³/mol. The average molecular weight is 1130 g/mol. The van der Waals surface area contributed by atoms with E-state index in [1.807, 2.05) is 6.08 Å². The third-order valence-corrected chi connectivity index (χ3v) is 14.8. The van der Waals surface area contributed by atoms with Gasteiger partial charge >= 0.3 is 17.9 Å². The summed E-state index contributed by atoms with van der Waals surface area (Å²) in [5.74, 6) is -1.05. The molecule has 81 heavy (non-hydrogen) atoms. The van der Waals surface area contributed by atoms with Crippen LogP contribution in [0, 0.1) is 0 Å². The smallest absolute Gasteiger partial charge is 0.309 e. The Hall–Kier alpha value is -3.93. The number of ether oxygens (including phenoxy) is 3. The molecule has 0 bridgehead atoms. The van der Waals surface area contributed by atoms with Gasteiger partial charge < -0.3 is 14.2 Å². The largest absolute Gasteiger partial charge is 0.462 e. The fraction of sp³-hybridized carbons (Fsp3) is 0.720. The summed E-state index contributed by atoms with van der Waals surface area (Å²) in [4.78, 5) is 38.3. The van der Waals surface area contributed by atoms with E-state index in [1.165, 1.54) is 193 Å². The Kier molecular flexibility index (Phi) is 65.2. The van der Waals surface area contributed by atoms with Crippen LogP contribution in [-0.4, -0.2) is 37.2 Å². The zero-order valence-electron chi connectivity index (χ0n) is 53.3. The highest BCUT2D eigenvalue weighted by Crippen LogP contribution is 2.17. The molecule has 0 saturated heterocycles. The summed E-state index contributed by atoms with van der Waals surface area (Å²) >= 11 is 0. The van der Waals surface area contributed by atoms with Crippen molar-refractivity contribution < 1.29 is 28.6 Å². The van der Waals surface area contributed by atoms with Crippen LogP contribution in [0.3, 0.4) is 0 Å². The van der Waals surface area contributed by atoms with Crippen molar-refractivity contribution in [3.05, 3.63) is 109 Å². The van der Waals surface area contributed by atoms with Gasteiger partial charge in [0, 0.05) is 12.8 Å². The molecule has 6 heteroatoms. The van der Waals surface area contributed by atoms with Gasteiger partial charge in [0.1, 0.15) is 13.2 Å². The number of esters is 3. The maximum atomic E-state index is 12.9. The van der Waals surface area contributed by atoms with Crippen molar-refractivity contribution >= 4 is 17.9 Å². The molecule has 6 nitrogen and oxygen atoms in total. The first-order valence-corrected chi connectivity index (χ1v) is 34.4. The minimum Gasteiger partial charge on any atom is -0.462 e. The minimum atomic E-state index is -0.828. The van der Waals surface area contributed by atoms with E-state index in [9.17, 15) is 14.4 Å². The lowest BCUT2D eigenvalue weighted by Gasteiger charge is -2.18. The lowest BCUT2D eigenvalue weighted by Crippen LogP contribution is -2.30. The predicted octanol–water partition coefficient (Wildman–Crippen LogP) is 23.8. The lowest BCUT2D eigenvalue weighted by molar-refractivity contribution is -0.166. The molecular formula is C75H128O6. The van der Waals surface area contributed by atoms with E-state index in [1.54, 1.807) is 6.08 Å². The topological polar surface area (TPSA) is 78.9 Å². The molecule has 0 rings (SSSR count). The summed E-state index contributed by atoms with van der Waals surface area (Å²) in [6.45, 7) is 6.43. The molecule has 0 aromatic carbocycles. The third kappa shape index (κ3) is 66.8.